The van der Waals surface area contributed by atoms with Crippen LogP contribution in [0.4, 0.5) is 10.2 Å². The molecule has 0 saturated heterocycles. The predicted molar refractivity (Wildman–Crippen MR) is 77.7 cm³/mol. The summed E-state index contributed by atoms with van der Waals surface area (Å²) in [5, 5.41) is 4.02. The second-order valence-corrected chi connectivity index (χ2v) is 5.39. The highest BCUT2D eigenvalue weighted by Crippen LogP contribution is 2.31. The van der Waals surface area contributed by atoms with Crippen molar-refractivity contribution in [3.63, 3.8) is 0 Å². The van der Waals surface area contributed by atoms with Gasteiger partial charge in [-0.05, 0) is 36.6 Å². The van der Waals surface area contributed by atoms with E-state index in [4.69, 9.17) is 0 Å². The molecule has 1 aromatic carbocycles. The molecule has 1 N–H and O–H groups in total. The highest BCUT2D eigenvalue weighted by atomic mass is 79.9. The summed E-state index contributed by atoms with van der Waals surface area (Å²) in [6.07, 6.45) is 0. The molecule has 0 aliphatic heterocycles. The van der Waals surface area contributed by atoms with Crippen LogP contribution in [0.15, 0.2) is 22.7 Å². The monoisotopic (exact) mass is 310 g/mol. The second kappa shape index (κ2) is 5.22. The quantitative estimate of drug-likeness (QED) is 0.889. The molecule has 0 amide bonds. The maximum absolute atomic E-state index is 13.8. The fourth-order valence-electron chi connectivity index (χ4n) is 1.96. The third kappa shape index (κ3) is 2.34. The first-order valence-electron chi connectivity index (χ1n) is 6.07. The molecule has 0 spiro atoms. The molecule has 1 heterocycles. The van der Waals surface area contributed by atoms with E-state index in [1.165, 1.54) is 6.07 Å². The topological polar surface area (TPSA) is 24.9 Å². The van der Waals surface area contributed by atoms with E-state index >= 15 is 0 Å². The van der Waals surface area contributed by atoms with Crippen molar-refractivity contribution in [2.45, 2.75) is 26.7 Å². The number of aromatic nitrogens is 1. The van der Waals surface area contributed by atoms with Gasteiger partial charge in [-0.25, -0.2) is 9.37 Å². The molecular weight excluding hydrogens is 295 g/mol. The number of hydrogen-bond acceptors (Lipinski definition) is 2. The Bertz CT molecular complexity index is 582. The van der Waals surface area contributed by atoms with Crippen LogP contribution in [0.1, 0.15) is 32.3 Å². The van der Waals surface area contributed by atoms with Crippen molar-refractivity contribution in [2.24, 2.45) is 0 Å². The lowest BCUT2D eigenvalue weighted by atomic mass is 10.0. The lowest BCUT2D eigenvalue weighted by molar-refractivity contribution is 0.636. The Labute approximate surface area is 115 Å². The zero-order chi connectivity index (χ0) is 13.3. The van der Waals surface area contributed by atoms with Gasteiger partial charge < -0.3 is 5.32 Å². The first-order chi connectivity index (χ1) is 8.54. The molecule has 0 radical (unpaired) electrons. The molecule has 18 heavy (non-hydrogen) atoms. The van der Waals surface area contributed by atoms with Crippen molar-refractivity contribution in [1.82, 2.24) is 4.98 Å². The Balaban J connectivity index is 2.75. The minimum Gasteiger partial charge on any atom is -0.370 e. The van der Waals surface area contributed by atoms with Gasteiger partial charge in [0, 0.05) is 16.4 Å². The maximum atomic E-state index is 13.8. The molecule has 1 aromatic heterocycles. The second-order valence-electron chi connectivity index (χ2n) is 4.54. The first kappa shape index (κ1) is 13.3. The van der Waals surface area contributed by atoms with Crippen LogP contribution in [-0.2, 0) is 0 Å². The summed E-state index contributed by atoms with van der Waals surface area (Å²) in [4.78, 5) is 4.43. The van der Waals surface area contributed by atoms with E-state index in [2.05, 4.69) is 40.1 Å². The third-order valence-electron chi connectivity index (χ3n) is 2.88. The highest BCUT2D eigenvalue weighted by molar-refractivity contribution is 9.10. The highest BCUT2D eigenvalue weighted by Gasteiger charge is 2.13. The number of nitrogens with zero attached hydrogens (tertiary/aromatic N) is 1. The normalized spacial score (nSPS) is 11.2. The Morgan fingerprint density at radius 3 is 2.72 bits per heavy atom. The standard InChI is InChI=1S/C14H16BrFN2/c1-4-17-14-9(8(2)3)7-10-11(15)5-6-12(16)13(10)18-14/h5-8H,4H2,1-3H3,(H,17,18). The molecule has 0 aliphatic carbocycles. The average molecular weight is 311 g/mol. The number of hydrogen-bond donors (Lipinski definition) is 1. The zero-order valence-electron chi connectivity index (χ0n) is 10.7. The van der Waals surface area contributed by atoms with Crippen molar-refractivity contribution in [2.75, 3.05) is 11.9 Å². The van der Waals surface area contributed by atoms with Gasteiger partial charge in [-0.15, -0.1) is 0 Å². The number of rotatable bonds is 3. The minimum atomic E-state index is -0.289. The third-order valence-corrected chi connectivity index (χ3v) is 3.57. The Kier molecular flexibility index (Phi) is 3.85. The number of nitrogens with one attached hydrogen (secondary N) is 1. The molecule has 96 valence electrons. The van der Waals surface area contributed by atoms with Crippen LogP contribution in [0.25, 0.3) is 10.9 Å². The largest absolute Gasteiger partial charge is 0.370 e. The lowest BCUT2D eigenvalue weighted by Crippen LogP contribution is -2.05. The molecule has 2 aromatic rings. The predicted octanol–water partition coefficient (Wildman–Crippen LogP) is 4.69. The molecule has 0 unspecified atom stereocenters. The van der Waals surface area contributed by atoms with Crippen LogP contribution in [0.5, 0.6) is 0 Å². The van der Waals surface area contributed by atoms with Gasteiger partial charge in [0.05, 0.1) is 0 Å². The van der Waals surface area contributed by atoms with Gasteiger partial charge in [0.1, 0.15) is 17.2 Å². The molecule has 4 heteroatoms. The fourth-order valence-corrected chi connectivity index (χ4v) is 2.39. The summed E-state index contributed by atoms with van der Waals surface area (Å²) in [6, 6.07) is 5.17. The van der Waals surface area contributed by atoms with Gasteiger partial charge in [-0.3, -0.25) is 0 Å². The fraction of sp³-hybridized carbons (Fsp3) is 0.357. The Hall–Kier alpha value is -1.16. The summed E-state index contributed by atoms with van der Waals surface area (Å²) >= 11 is 3.45. The molecular formula is C14H16BrFN2. The van der Waals surface area contributed by atoms with Crippen LogP contribution >= 0.6 is 15.9 Å². The van der Waals surface area contributed by atoms with E-state index in [1.807, 2.05) is 13.0 Å². The van der Waals surface area contributed by atoms with Gasteiger partial charge in [-0.1, -0.05) is 29.8 Å². The zero-order valence-corrected chi connectivity index (χ0v) is 12.3. The van der Waals surface area contributed by atoms with Crippen molar-refractivity contribution >= 4 is 32.7 Å². The lowest BCUT2D eigenvalue weighted by Gasteiger charge is -2.15. The number of anilines is 1. The van der Waals surface area contributed by atoms with E-state index in [0.717, 1.165) is 27.8 Å². The van der Waals surface area contributed by atoms with Crippen LogP contribution in [0.3, 0.4) is 0 Å². The molecule has 0 bridgehead atoms. The minimum absolute atomic E-state index is 0.289. The average Bonchev–Trinajstić information content (AvgIpc) is 2.34. The summed E-state index contributed by atoms with van der Waals surface area (Å²) in [5.41, 5.74) is 1.51. The molecule has 2 rings (SSSR count). The summed E-state index contributed by atoms with van der Waals surface area (Å²) in [6.45, 7) is 6.99. The Morgan fingerprint density at radius 1 is 1.39 bits per heavy atom. The summed E-state index contributed by atoms with van der Waals surface area (Å²) < 4.78 is 14.7. The molecule has 0 fully saturated rings. The van der Waals surface area contributed by atoms with Crippen LogP contribution in [0, 0.1) is 5.82 Å². The van der Waals surface area contributed by atoms with E-state index in [-0.39, 0.29) is 5.82 Å². The first-order valence-corrected chi connectivity index (χ1v) is 6.86. The van der Waals surface area contributed by atoms with Gasteiger partial charge in [0.15, 0.2) is 0 Å². The molecule has 0 atom stereocenters. The number of halogens is 2. The number of pyridine rings is 1. The van der Waals surface area contributed by atoms with Crippen molar-refractivity contribution in [3.8, 4) is 0 Å². The Morgan fingerprint density at radius 2 is 2.11 bits per heavy atom. The van der Waals surface area contributed by atoms with Gasteiger partial charge in [0.25, 0.3) is 0 Å². The number of benzene rings is 1. The van der Waals surface area contributed by atoms with Crippen molar-refractivity contribution in [1.29, 1.82) is 0 Å². The SMILES string of the molecule is CCNc1nc2c(F)ccc(Br)c2cc1C(C)C. The smallest absolute Gasteiger partial charge is 0.149 e. The van der Waals surface area contributed by atoms with E-state index < -0.39 is 0 Å². The van der Waals surface area contributed by atoms with Gasteiger partial charge in [-0.2, -0.15) is 0 Å². The summed E-state index contributed by atoms with van der Waals surface area (Å²) in [7, 11) is 0. The van der Waals surface area contributed by atoms with E-state index in [1.54, 1.807) is 6.07 Å². The van der Waals surface area contributed by atoms with Crippen molar-refractivity contribution in [3.05, 3.63) is 34.1 Å². The van der Waals surface area contributed by atoms with Crippen LogP contribution in [0.2, 0.25) is 0 Å². The van der Waals surface area contributed by atoms with E-state index in [0.29, 0.717) is 11.4 Å². The summed E-state index contributed by atoms with van der Waals surface area (Å²) in [5.74, 6) is 0.825. The molecule has 2 nitrogen and oxygen atoms in total. The van der Waals surface area contributed by atoms with Gasteiger partial charge in [0.2, 0.25) is 0 Å². The van der Waals surface area contributed by atoms with E-state index in [9.17, 15) is 4.39 Å². The number of fused-ring (bicyclic) bond motifs is 1. The molecule has 0 saturated carbocycles. The van der Waals surface area contributed by atoms with Crippen LogP contribution < -0.4 is 5.32 Å². The molecule has 0 aliphatic rings. The van der Waals surface area contributed by atoms with Crippen LogP contribution in [-0.4, -0.2) is 11.5 Å². The van der Waals surface area contributed by atoms with Crippen molar-refractivity contribution < 1.29 is 4.39 Å². The van der Waals surface area contributed by atoms with Gasteiger partial charge >= 0.3 is 0 Å². The maximum Gasteiger partial charge on any atom is 0.149 e.